The summed E-state index contributed by atoms with van der Waals surface area (Å²) in [5, 5.41) is 3.04. The number of para-hydroxylation sites is 1. The molecule has 1 amide bonds. The van der Waals surface area contributed by atoms with E-state index in [1.807, 2.05) is 30.3 Å². The van der Waals surface area contributed by atoms with E-state index < -0.39 is 0 Å². The van der Waals surface area contributed by atoms with E-state index in [2.05, 4.69) is 27.2 Å². The van der Waals surface area contributed by atoms with Gasteiger partial charge in [-0.25, -0.2) is 0 Å². The highest BCUT2D eigenvalue weighted by Crippen LogP contribution is 2.49. The molecule has 152 valence electrons. The molecule has 0 saturated carbocycles. The van der Waals surface area contributed by atoms with Crippen LogP contribution in [0.5, 0.6) is 11.5 Å². The average molecular weight is 393 g/mol. The van der Waals surface area contributed by atoms with Crippen molar-refractivity contribution in [2.75, 3.05) is 50.1 Å². The lowest BCUT2D eigenvalue weighted by atomic mass is 9.89. The molecule has 6 heteroatoms. The van der Waals surface area contributed by atoms with Gasteiger partial charge in [0.25, 0.3) is 0 Å². The molecule has 1 unspecified atom stereocenters. The van der Waals surface area contributed by atoms with Crippen LogP contribution in [0.25, 0.3) is 0 Å². The number of ether oxygens (including phenoxy) is 2. The second-order valence-corrected chi connectivity index (χ2v) is 8.06. The van der Waals surface area contributed by atoms with Crippen LogP contribution < -0.4 is 19.7 Å². The van der Waals surface area contributed by atoms with Crippen molar-refractivity contribution in [3.05, 3.63) is 48.0 Å². The number of hydrogen-bond donors (Lipinski definition) is 1. The minimum atomic E-state index is 0.105. The van der Waals surface area contributed by atoms with Gasteiger partial charge >= 0.3 is 0 Å². The number of carbonyl (C=O) groups is 1. The first kappa shape index (κ1) is 18.3. The van der Waals surface area contributed by atoms with E-state index in [9.17, 15) is 4.79 Å². The Kier molecular flexibility index (Phi) is 4.79. The number of nitrogens with zero attached hydrogens (tertiary/aromatic N) is 2. The molecule has 0 aromatic heterocycles. The SMILES string of the molecule is COc1ccc(OCCCN2CCC3[C@@H](C2)c2cccc4c2N3CC(=O)N4)cc1. The first-order chi connectivity index (χ1) is 14.2. The van der Waals surface area contributed by atoms with E-state index in [0.29, 0.717) is 25.1 Å². The van der Waals surface area contributed by atoms with E-state index in [4.69, 9.17) is 9.47 Å². The Hall–Kier alpha value is -2.73. The first-order valence-electron chi connectivity index (χ1n) is 10.4. The average Bonchev–Trinajstić information content (AvgIpc) is 3.06. The topological polar surface area (TPSA) is 54.0 Å². The number of benzene rings is 2. The number of anilines is 2. The Morgan fingerprint density at radius 3 is 2.79 bits per heavy atom. The Morgan fingerprint density at radius 2 is 1.97 bits per heavy atom. The Labute approximate surface area is 171 Å². The van der Waals surface area contributed by atoms with E-state index in [-0.39, 0.29) is 5.91 Å². The minimum absolute atomic E-state index is 0.105. The monoisotopic (exact) mass is 393 g/mol. The van der Waals surface area contributed by atoms with Crippen LogP contribution in [0.1, 0.15) is 24.3 Å². The molecule has 6 nitrogen and oxygen atoms in total. The van der Waals surface area contributed by atoms with Crippen LogP contribution in [0.4, 0.5) is 11.4 Å². The van der Waals surface area contributed by atoms with Gasteiger partial charge < -0.3 is 24.6 Å². The van der Waals surface area contributed by atoms with Crippen molar-refractivity contribution in [1.29, 1.82) is 0 Å². The van der Waals surface area contributed by atoms with E-state index in [1.54, 1.807) is 7.11 Å². The van der Waals surface area contributed by atoms with Gasteiger partial charge in [-0.3, -0.25) is 4.79 Å². The molecular formula is C23H27N3O3. The van der Waals surface area contributed by atoms with Crippen LogP contribution in [-0.2, 0) is 4.79 Å². The van der Waals surface area contributed by atoms with Crippen LogP contribution in [0.15, 0.2) is 42.5 Å². The molecule has 0 radical (unpaired) electrons. The molecule has 1 fully saturated rings. The molecule has 3 heterocycles. The van der Waals surface area contributed by atoms with Gasteiger partial charge in [0, 0.05) is 31.6 Å². The highest BCUT2D eigenvalue weighted by Gasteiger charge is 2.44. The lowest BCUT2D eigenvalue weighted by Gasteiger charge is -2.39. The van der Waals surface area contributed by atoms with Crippen LogP contribution in [0.2, 0.25) is 0 Å². The summed E-state index contributed by atoms with van der Waals surface area (Å²) in [6.45, 7) is 4.36. The quantitative estimate of drug-likeness (QED) is 0.765. The van der Waals surface area contributed by atoms with Crippen LogP contribution >= 0.6 is 0 Å². The van der Waals surface area contributed by atoms with Crippen molar-refractivity contribution >= 4 is 17.3 Å². The third kappa shape index (κ3) is 3.42. The normalized spacial score (nSPS) is 22.7. The third-order valence-electron chi connectivity index (χ3n) is 6.35. The lowest BCUT2D eigenvalue weighted by Crippen LogP contribution is -2.49. The first-order valence-corrected chi connectivity index (χ1v) is 10.4. The van der Waals surface area contributed by atoms with Gasteiger partial charge in [-0.1, -0.05) is 12.1 Å². The zero-order chi connectivity index (χ0) is 19.8. The van der Waals surface area contributed by atoms with Crippen LogP contribution in [0, 0.1) is 0 Å². The molecule has 1 saturated heterocycles. The Bertz CT molecular complexity index is 899. The third-order valence-corrected chi connectivity index (χ3v) is 6.35. The number of fused-ring (bicyclic) bond motifs is 3. The maximum Gasteiger partial charge on any atom is 0.243 e. The number of hydrogen-bond acceptors (Lipinski definition) is 5. The Balaban J connectivity index is 1.18. The number of likely N-dealkylation sites (tertiary alicyclic amines) is 1. The second-order valence-electron chi connectivity index (χ2n) is 8.06. The van der Waals surface area contributed by atoms with Gasteiger partial charge in [-0.2, -0.15) is 0 Å². The summed E-state index contributed by atoms with van der Waals surface area (Å²) >= 11 is 0. The molecule has 2 atom stereocenters. The predicted octanol–water partition coefficient (Wildman–Crippen LogP) is 3.09. The van der Waals surface area contributed by atoms with Crippen molar-refractivity contribution in [1.82, 2.24) is 4.90 Å². The number of piperidine rings is 1. The van der Waals surface area contributed by atoms with Crippen molar-refractivity contribution in [2.45, 2.75) is 24.8 Å². The van der Waals surface area contributed by atoms with E-state index in [1.165, 1.54) is 11.3 Å². The molecular weight excluding hydrogens is 366 g/mol. The molecule has 29 heavy (non-hydrogen) atoms. The fourth-order valence-corrected chi connectivity index (χ4v) is 5.03. The summed E-state index contributed by atoms with van der Waals surface area (Å²) in [5.41, 5.74) is 3.63. The molecule has 2 aromatic rings. The number of nitrogens with one attached hydrogen (secondary N) is 1. The van der Waals surface area contributed by atoms with Gasteiger partial charge in [0.2, 0.25) is 5.91 Å². The van der Waals surface area contributed by atoms with Gasteiger partial charge in [-0.05, 0) is 48.7 Å². The van der Waals surface area contributed by atoms with Crippen LogP contribution in [0.3, 0.4) is 0 Å². The standard InChI is InChI=1S/C23H27N3O3/c1-28-16-6-8-17(9-7-16)29-13-3-11-25-12-10-21-19(14-25)18-4-2-5-20-23(18)26(21)15-22(27)24-20/h2,4-9,19,21H,3,10-15H2,1H3,(H,24,27)/t19-,21?/m0/s1. The number of methoxy groups -OCH3 is 1. The summed E-state index contributed by atoms with van der Waals surface area (Å²) in [7, 11) is 1.67. The molecule has 1 N–H and O–H groups in total. The van der Waals surface area contributed by atoms with Gasteiger partial charge in [0.15, 0.2) is 0 Å². The van der Waals surface area contributed by atoms with Crippen molar-refractivity contribution in [3.8, 4) is 11.5 Å². The summed E-state index contributed by atoms with van der Waals surface area (Å²) in [6.07, 6.45) is 2.10. The number of rotatable bonds is 6. The minimum Gasteiger partial charge on any atom is -0.497 e. The molecule has 3 aliphatic heterocycles. The highest BCUT2D eigenvalue weighted by molar-refractivity contribution is 6.03. The number of amides is 1. The largest absolute Gasteiger partial charge is 0.497 e. The lowest BCUT2D eigenvalue weighted by molar-refractivity contribution is -0.115. The number of carbonyl (C=O) groups excluding carboxylic acids is 1. The second kappa shape index (κ2) is 7.59. The molecule has 0 aliphatic carbocycles. The predicted molar refractivity (Wildman–Crippen MR) is 113 cm³/mol. The molecule has 0 spiro atoms. The van der Waals surface area contributed by atoms with Gasteiger partial charge in [-0.15, -0.1) is 0 Å². The van der Waals surface area contributed by atoms with E-state index in [0.717, 1.165) is 49.7 Å². The summed E-state index contributed by atoms with van der Waals surface area (Å²) in [4.78, 5) is 17.0. The molecule has 5 rings (SSSR count). The molecule has 3 aliphatic rings. The maximum atomic E-state index is 12.1. The van der Waals surface area contributed by atoms with Gasteiger partial charge in [0.05, 0.1) is 31.6 Å². The highest BCUT2D eigenvalue weighted by atomic mass is 16.5. The summed E-state index contributed by atoms with van der Waals surface area (Å²) in [6, 6.07) is 14.5. The molecule has 0 bridgehead atoms. The smallest absolute Gasteiger partial charge is 0.243 e. The summed E-state index contributed by atoms with van der Waals surface area (Å²) < 4.78 is 11.1. The zero-order valence-corrected chi connectivity index (χ0v) is 16.8. The fourth-order valence-electron chi connectivity index (χ4n) is 5.03. The Morgan fingerprint density at radius 1 is 1.14 bits per heavy atom. The summed E-state index contributed by atoms with van der Waals surface area (Å²) in [5.74, 6) is 2.31. The maximum absolute atomic E-state index is 12.1. The van der Waals surface area contributed by atoms with Gasteiger partial charge in [0.1, 0.15) is 11.5 Å². The van der Waals surface area contributed by atoms with E-state index >= 15 is 0 Å². The van der Waals surface area contributed by atoms with Crippen molar-refractivity contribution < 1.29 is 14.3 Å². The van der Waals surface area contributed by atoms with Crippen molar-refractivity contribution in [2.24, 2.45) is 0 Å². The van der Waals surface area contributed by atoms with Crippen molar-refractivity contribution in [3.63, 3.8) is 0 Å². The zero-order valence-electron chi connectivity index (χ0n) is 16.8. The fraction of sp³-hybridized carbons (Fsp3) is 0.435. The van der Waals surface area contributed by atoms with Crippen LogP contribution in [-0.4, -0.2) is 56.7 Å². The molecule has 2 aromatic carbocycles.